The van der Waals surface area contributed by atoms with Gasteiger partial charge in [0.25, 0.3) is 0 Å². The van der Waals surface area contributed by atoms with Crippen molar-refractivity contribution < 1.29 is 0 Å². The van der Waals surface area contributed by atoms with Crippen molar-refractivity contribution in [1.29, 1.82) is 0 Å². The lowest BCUT2D eigenvalue weighted by Crippen LogP contribution is -2.35. The average molecular weight is 221 g/mol. The van der Waals surface area contributed by atoms with Gasteiger partial charge < -0.3 is 10.2 Å². The zero-order valence-corrected chi connectivity index (χ0v) is 11.3. The summed E-state index contributed by atoms with van der Waals surface area (Å²) < 4.78 is 0. The van der Waals surface area contributed by atoms with Crippen LogP contribution < -0.4 is 10.2 Å². The van der Waals surface area contributed by atoms with Gasteiger partial charge in [0.1, 0.15) is 5.82 Å². The number of anilines is 1. The van der Waals surface area contributed by atoms with E-state index in [1.54, 1.807) is 0 Å². The van der Waals surface area contributed by atoms with E-state index in [1.807, 2.05) is 25.9 Å². The third-order valence-electron chi connectivity index (χ3n) is 2.28. The van der Waals surface area contributed by atoms with Crippen molar-refractivity contribution in [2.75, 3.05) is 19.0 Å². The number of aryl methyl sites for hydroxylation is 1. The summed E-state index contributed by atoms with van der Waals surface area (Å²) in [6.07, 6.45) is 0. The Kier molecular flexibility index (Phi) is 3.92. The zero-order valence-electron chi connectivity index (χ0n) is 11.3. The number of hydrogen-bond donors (Lipinski definition) is 1. The fourth-order valence-electron chi connectivity index (χ4n) is 1.42. The molecule has 0 fully saturated rings. The van der Waals surface area contributed by atoms with E-state index in [4.69, 9.17) is 0 Å². The molecule has 0 bridgehead atoms. The molecule has 0 amide bonds. The molecule has 1 heterocycles. The largest absolute Gasteiger partial charge is 0.363 e. The van der Waals surface area contributed by atoms with Crippen molar-refractivity contribution in [2.24, 2.45) is 0 Å². The first kappa shape index (κ1) is 13.0. The van der Waals surface area contributed by atoms with Crippen LogP contribution in [0.25, 0.3) is 0 Å². The van der Waals surface area contributed by atoms with Gasteiger partial charge in [-0.1, -0.05) is 0 Å². The molecule has 1 aromatic heterocycles. The average Bonchev–Trinajstić information content (AvgIpc) is 2.13. The molecule has 0 radical (unpaired) electrons. The van der Waals surface area contributed by atoms with Crippen LogP contribution in [0.15, 0.2) is 12.1 Å². The maximum absolute atomic E-state index is 4.48. The Balaban J connectivity index is 2.81. The first-order valence-corrected chi connectivity index (χ1v) is 5.68. The van der Waals surface area contributed by atoms with Crippen LogP contribution in [0.1, 0.15) is 32.0 Å². The van der Waals surface area contributed by atoms with Crippen LogP contribution in [0.5, 0.6) is 0 Å². The van der Waals surface area contributed by atoms with Crippen molar-refractivity contribution in [3.05, 3.63) is 23.4 Å². The van der Waals surface area contributed by atoms with Gasteiger partial charge in [-0.25, -0.2) is 4.98 Å². The number of pyridine rings is 1. The smallest absolute Gasteiger partial charge is 0.128 e. The molecular formula is C13H23N3. The molecule has 3 nitrogen and oxygen atoms in total. The van der Waals surface area contributed by atoms with Crippen LogP contribution in [-0.4, -0.2) is 24.6 Å². The molecule has 0 unspecified atom stereocenters. The topological polar surface area (TPSA) is 28.2 Å². The van der Waals surface area contributed by atoms with Crippen LogP contribution in [0, 0.1) is 6.92 Å². The highest BCUT2D eigenvalue weighted by atomic mass is 15.1. The highest BCUT2D eigenvalue weighted by molar-refractivity contribution is 5.41. The standard InChI is InChI=1S/C13H23N3/c1-10-7-11(9-14-13(2,3)4)8-12(15-10)16(5)6/h7-8,14H,9H2,1-6H3. The fraction of sp³-hybridized carbons (Fsp3) is 0.615. The lowest BCUT2D eigenvalue weighted by Gasteiger charge is -2.21. The van der Waals surface area contributed by atoms with E-state index >= 15 is 0 Å². The van der Waals surface area contributed by atoms with Crippen molar-refractivity contribution in [1.82, 2.24) is 10.3 Å². The fourth-order valence-corrected chi connectivity index (χ4v) is 1.42. The summed E-state index contributed by atoms with van der Waals surface area (Å²) in [6.45, 7) is 9.44. The van der Waals surface area contributed by atoms with Crippen molar-refractivity contribution in [3.8, 4) is 0 Å². The first-order valence-electron chi connectivity index (χ1n) is 5.68. The molecular weight excluding hydrogens is 198 g/mol. The van der Waals surface area contributed by atoms with E-state index in [-0.39, 0.29) is 5.54 Å². The summed E-state index contributed by atoms with van der Waals surface area (Å²) in [6, 6.07) is 4.26. The van der Waals surface area contributed by atoms with Gasteiger partial charge in [-0.05, 0) is 45.4 Å². The summed E-state index contributed by atoms with van der Waals surface area (Å²) in [5.41, 5.74) is 2.50. The lowest BCUT2D eigenvalue weighted by atomic mass is 10.1. The third-order valence-corrected chi connectivity index (χ3v) is 2.28. The Morgan fingerprint density at radius 1 is 1.25 bits per heavy atom. The normalized spacial score (nSPS) is 11.6. The molecule has 3 heteroatoms. The van der Waals surface area contributed by atoms with Gasteiger partial charge in [0, 0.05) is 31.9 Å². The van der Waals surface area contributed by atoms with Crippen LogP contribution >= 0.6 is 0 Å². The van der Waals surface area contributed by atoms with E-state index in [1.165, 1.54) is 5.56 Å². The second kappa shape index (κ2) is 4.83. The van der Waals surface area contributed by atoms with Crippen LogP contribution in [0.4, 0.5) is 5.82 Å². The van der Waals surface area contributed by atoms with E-state index in [9.17, 15) is 0 Å². The monoisotopic (exact) mass is 221 g/mol. The Bertz CT molecular complexity index is 351. The molecule has 16 heavy (non-hydrogen) atoms. The van der Waals surface area contributed by atoms with Crippen molar-refractivity contribution in [3.63, 3.8) is 0 Å². The van der Waals surface area contributed by atoms with Gasteiger partial charge in [0.15, 0.2) is 0 Å². The van der Waals surface area contributed by atoms with E-state index in [0.29, 0.717) is 0 Å². The highest BCUT2D eigenvalue weighted by Crippen LogP contribution is 2.13. The molecule has 0 aliphatic rings. The molecule has 1 aromatic rings. The maximum atomic E-state index is 4.48. The molecule has 0 aliphatic heterocycles. The molecule has 1 rings (SSSR count). The minimum atomic E-state index is 0.148. The quantitative estimate of drug-likeness (QED) is 0.849. The first-order chi connectivity index (χ1) is 7.28. The number of hydrogen-bond acceptors (Lipinski definition) is 3. The Labute approximate surface area is 98.9 Å². The summed E-state index contributed by atoms with van der Waals surface area (Å²) in [5.74, 6) is 1.02. The Morgan fingerprint density at radius 2 is 1.88 bits per heavy atom. The van der Waals surface area contributed by atoms with Gasteiger partial charge in [-0.3, -0.25) is 0 Å². The van der Waals surface area contributed by atoms with Gasteiger partial charge in [0.05, 0.1) is 0 Å². The molecule has 0 aliphatic carbocycles. The summed E-state index contributed by atoms with van der Waals surface area (Å²) >= 11 is 0. The third kappa shape index (κ3) is 4.19. The molecule has 0 saturated carbocycles. The van der Waals surface area contributed by atoms with Gasteiger partial charge in [-0.2, -0.15) is 0 Å². The summed E-state index contributed by atoms with van der Waals surface area (Å²) in [7, 11) is 4.03. The summed E-state index contributed by atoms with van der Waals surface area (Å²) in [5, 5.41) is 3.49. The number of rotatable bonds is 3. The Hall–Kier alpha value is -1.09. The SMILES string of the molecule is Cc1cc(CNC(C)(C)C)cc(N(C)C)n1. The molecule has 1 N–H and O–H groups in total. The van der Waals surface area contributed by atoms with Gasteiger partial charge in [-0.15, -0.1) is 0 Å². The van der Waals surface area contributed by atoms with Gasteiger partial charge in [0.2, 0.25) is 0 Å². The number of nitrogens with one attached hydrogen (secondary N) is 1. The van der Waals surface area contributed by atoms with E-state index in [2.05, 4.69) is 43.2 Å². The molecule has 0 atom stereocenters. The second-order valence-corrected chi connectivity index (χ2v) is 5.47. The van der Waals surface area contributed by atoms with Crippen LogP contribution in [0.2, 0.25) is 0 Å². The predicted molar refractivity (Wildman–Crippen MR) is 69.9 cm³/mol. The molecule has 0 saturated heterocycles. The van der Waals surface area contributed by atoms with E-state index in [0.717, 1.165) is 18.1 Å². The minimum absolute atomic E-state index is 0.148. The molecule has 0 aromatic carbocycles. The molecule has 0 spiro atoms. The number of nitrogens with zero attached hydrogens (tertiary/aromatic N) is 2. The van der Waals surface area contributed by atoms with E-state index < -0.39 is 0 Å². The maximum Gasteiger partial charge on any atom is 0.128 e. The Morgan fingerprint density at radius 3 is 2.38 bits per heavy atom. The lowest BCUT2D eigenvalue weighted by molar-refractivity contribution is 0.424. The van der Waals surface area contributed by atoms with Crippen molar-refractivity contribution >= 4 is 5.82 Å². The number of aromatic nitrogens is 1. The minimum Gasteiger partial charge on any atom is -0.363 e. The summed E-state index contributed by atoms with van der Waals surface area (Å²) in [4.78, 5) is 6.51. The highest BCUT2D eigenvalue weighted by Gasteiger charge is 2.09. The van der Waals surface area contributed by atoms with Crippen LogP contribution in [0.3, 0.4) is 0 Å². The van der Waals surface area contributed by atoms with Crippen LogP contribution in [-0.2, 0) is 6.54 Å². The molecule has 90 valence electrons. The van der Waals surface area contributed by atoms with Gasteiger partial charge >= 0.3 is 0 Å². The second-order valence-electron chi connectivity index (χ2n) is 5.47. The predicted octanol–water partition coefficient (Wildman–Crippen LogP) is 2.34. The van der Waals surface area contributed by atoms with Crippen molar-refractivity contribution in [2.45, 2.75) is 39.8 Å². The zero-order chi connectivity index (χ0) is 12.3.